The lowest BCUT2D eigenvalue weighted by Crippen LogP contribution is -2.34. The van der Waals surface area contributed by atoms with Crippen LogP contribution in [0.2, 0.25) is 0 Å². The first kappa shape index (κ1) is 25.4. The number of hydrogen-bond donors (Lipinski definition) is 4. The summed E-state index contributed by atoms with van der Waals surface area (Å²) in [6, 6.07) is 2.45. The van der Waals surface area contributed by atoms with Gasteiger partial charge in [-0.1, -0.05) is 37.5 Å². The smallest absolute Gasteiger partial charge is 0.342 e. The minimum Gasteiger partial charge on any atom is -0.508 e. The van der Waals surface area contributed by atoms with Gasteiger partial charge in [0.2, 0.25) is 5.91 Å². The average molecular weight is 471 g/mol. The van der Waals surface area contributed by atoms with Crippen molar-refractivity contribution in [2.75, 3.05) is 19.8 Å². The highest BCUT2D eigenvalue weighted by Crippen LogP contribution is 2.30. The Morgan fingerprint density at radius 2 is 1.82 bits per heavy atom. The number of ether oxygens (including phenoxy) is 1. The fourth-order valence-electron chi connectivity index (χ4n) is 4.06. The molecule has 1 saturated carbocycles. The van der Waals surface area contributed by atoms with Crippen LogP contribution in [-0.2, 0) is 14.4 Å². The van der Waals surface area contributed by atoms with Crippen LogP contribution < -0.4 is 10.8 Å². The Labute approximate surface area is 200 Å². The topological polar surface area (TPSA) is 117 Å². The Morgan fingerprint density at radius 1 is 1.06 bits per heavy atom. The number of cyclic esters (lactones) is 1. The lowest BCUT2D eigenvalue weighted by atomic mass is 9.89. The van der Waals surface area contributed by atoms with E-state index in [9.17, 15) is 19.8 Å². The van der Waals surface area contributed by atoms with Crippen LogP contribution in [0.15, 0.2) is 42.1 Å². The molecule has 0 spiro atoms. The van der Waals surface area contributed by atoms with E-state index in [1.807, 2.05) is 18.2 Å². The number of phenols is 2. The maximum Gasteiger partial charge on any atom is 0.342 e. The maximum absolute atomic E-state index is 12.6. The molecule has 0 bridgehead atoms. The lowest BCUT2D eigenvalue weighted by Gasteiger charge is -2.21. The van der Waals surface area contributed by atoms with Crippen molar-refractivity contribution in [3.63, 3.8) is 0 Å². The number of allylic oxidation sites excluding steroid dienone is 3. The van der Waals surface area contributed by atoms with Gasteiger partial charge in [0.15, 0.2) is 6.61 Å². The van der Waals surface area contributed by atoms with Gasteiger partial charge >= 0.3 is 5.97 Å². The molecule has 34 heavy (non-hydrogen) atoms. The third kappa shape index (κ3) is 8.26. The zero-order chi connectivity index (χ0) is 24.2. The molecule has 8 nitrogen and oxygen atoms in total. The molecular weight excluding hydrogens is 436 g/mol. The number of carbonyl (C=O) groups is 2. The van der Waals surface area contributed by atoms with Gasteiger partial charge in [-0.2, -0.15) is 0 Å². The van der Waals surface area contributed by atoms with E-state index in [4.69, 9.17) is 9.57 Å². The number of carbonyl (C=O) groups excluding carboxylic acids is 2. The van der Waals surface area contributed by atoms with E-state index in [0.29, 0.717) is 24.6 Å². The molecule has 3 rings (SSSR count). The van der Waals surface area contributed by atoms with Crippen molar-refractivity contribution in [3.05, 3.63) is 53.3 Å². The molecule has 8 heteroatoms. The van der Waals surface area contributed by atoms with Crippen molar-refractivity contribution < 1.29 is 29.4 Å². The van der Waals surface area contributed by atoms with E-state index >= 15 is 0 Å². The van der Waals surface area contributed by atoms with Crippen molar-refractivity contribution in [1.29, 1.82) is 0 Å². The number of hydroxylamine groups is 1. The predicted molar refractivity (Wildman–Crippen MR) is 129 cm³/mol. The third-order valence-electron chi connectivity index (χ3n) is 5.84. The highest BCUT2D eigenvalue weighted by atomic mass is 16.6. The third-order valence-corrected chi connectivity index (χ3v) is 5.84. The summed E-state index contributed by atoms with van der Waals surface area (Å²) in [5.74, 6) is -0.962. The fourth-order valence-corrected chi connectivity index (χ4v) is 4.06. The quantitative estimate of drug-likeness (QED) is 0.281. The van der Waals surface area contributed by atoms with Crippen molar-refractivity contribution in [3.8, 4) is 11.5 Å². The molecule has 1 aromatic carbocycles. The number of phenolic OH excluding ortho intramolecular Hbond substituents is 2. The second kappa shape index (κ2) is 13.4. The van der Waals surface area contributed by atoms with Gasteiger partial charge in [-0.15, -0.1) is 0 Å². The van der Waals surface area contributed by atoms with Crippen LogP contribution in [0.1, 0.15) is 67.3 Å². The Bertz CT molecular complexity index is 931. The van der Waals surface area contributed by atoms with E-state index < -0.39 is 5.97 Å². The SMILES string of the molecule is O=C(CON/C1=C\c2cc(O)cc(O)c2C(=O)OCCC=CCCC=C1)NCC1CCCCC1. The first-order valence-electron chi connectivity index (χ1n) is 11.9. The molecule has 2 aliphatic rings. The zero-order valence-corrected chi connectivity index (χ0v) is 19.4. The fraction of sp³-hybridized carbons (Fsp3) is 0.462. The van der Waals surface area contributed by atoms with Crippen LogP contribution in [0, 0.1) is 5.92 Å². The maximum atomic E-state index is 12.6. The molecule has 4 N–H and O–H groups in total. The molecule has 0 saturated heterocycles. The van der Waals surface area contributed by atoms with E-state index in [0.717, 1.165) is 31.7 Å². The van der Waals surface area contributed by atoms with Crippen LogP contribution >= 0.6 is 0 Å². The van der Waals surface area contributed by atoms with Gasteiger partial charge < -0.3 is 20.3 Å². The van der Waals surface area contributed by atoms with Gasteiger partial charge in [-0.3, -0.25) is 15.1 Å². The molecule has 1 amide bonds. The summed E-state index contributed by atoms with van der Waals surface area (Å²) in [5, 5.41) is 23.2. The first-order valence-corrected chi connectivity index (χ1v) is 11.9. The summed E-state index contributed by atoms with van der Waals surface area (Å²) < 4.78 is 5.28. The zero-order valence-electron chi connectivity index (χ0n) is 19.4. The first-order chi connectivity index (χ1) is 16.5. The van der Waals surface area contributed by atoms with E-state index in [-0.39, 0.29) is 41.7 Å². The van der Waals surface area contributed by atoms with Gasteiger partial charge in [0.25, 0.3) is 0 Å². The number of amides is 1. The summed E-state index contributed by atoms with van der Waals surface area (Å²) in [5.41, 5.74) is 3.39. The number of nitrogens with one attached hydrogen (secondary N) is 2. The number of fused-ring (bicyclic) bond motifs is 1. The van der Waals surface area contributed by atoms with Gasteiger partial charge in [0, 0.05) is 12.6 Å². The van der Waals surface area contributed by atoms with Crippen molar-refractivity contribution in [2.45, 2.75) is 51.4 Å². The van der Waals surface area contributed by atoms with Crippen LogP contribution in [0.5, 0.6) is 11.5 Å². The Kier molecular flexibility index (Phi) is 10.0. The molecule has 0 unspecified atom stereocenters. The van der Waals surface area contributed by atoms with Gasteiger partial charge in [-0.25, -0.2) is 4.79 Å². The summed E-state index contributed by atoms with van der Waals surface area (Å²) >= 11 is 0. The number of benzene rings is 1. The largest absolute Gasteiger partial charge is 0.508 e. The lowest BCUT2D eigenvalue weighted by molar-refractivity contribution is -0.127. The van der Waals surface area contributed by atoms with Crippen LogP contribution in [0.4, 0.5) is 0 Å². The van der Waals surface area contributed by atoms with E-state index in [1.165, 1.54) is 25.3 Å². The Hall–Kier alpha value is -3.26. The summed E-state index contributed by atoms with van der Waals surface area (Å²) in [7, 11) is 0. The standard InChI is InChI=1S/C26H34N2O6/c29-22-15-20-14-21(28-34-18-24(31)27-17-19-10-6-5-7-11-19)12-8-3-1-2-4-9-13-33-26(32)25(20)23(30)16-22/h2,4,8,12,14-16,19,28-30H,1,3,5-7,9-11,13,17-18H2,(H,27,31)/b4-2?,12-8?,21-14-. The second-order valence-corrected chi connectivity index (χ2v) is 8.60. The average Bonchev–Trinajstić information content (AvgIpc) is 2.81. The van der Waals surface area contributed by atoms with Gasteiger partial charge in [0.05, 0.1) is 12.3 Å². The van der Waals surface area contributed by atoms with Gasteiger partial charge in [0.1, 0.15) is 17.1 Å². The molecule has 1 fully saturated rings. The number of rotatable bonds is 6. The molecule has 0 aromatic heterocycles. The Morgan fingerprint density at radius 3 is 2.65 bits per heavy atom. The minimum atomic E-state index is -0.694. The Balaban J connectivity index is 1.69. The van der Waals surface area contributed by atoms with E-state index in [1.54, 1.807) is 12.2 Å². The number of hydrogen-bond acceptors (Lipinski definition) is 7. The molecule has 1 heterocycles. The van der Waals surface area contributed by atoms with Crippen molar-refractivity contribution in [2.24, 2.45) is 5.92 Å². The predicted octanol–water partition coefficient (Wildman–Crippen LogP) is 4.11. The second-order valence-electron chi connectivity index (χ2n) is 8.60. The van der Waals surface area contributed by atoms with Crippen LogP contribution in [-0.4, -0.2) is 41.8 Å². The van der Waals surface area contributed by atoms with Gasteiger partial charge in [-0.05, 0) is 61.8 Å². The van der Waals surface area contributed by atoms with Crippen LogP contribution in [0.25, 0.3) is 6.08 Å². The molecule has 0 atom stereocenters. The molecule has 1 aliphatic heterocycles. The molecule has 184 valence electrons. The monoisotopic (exact) mass is 470 g/mol. The van der Waals surface area contributed by atoms with E-state index in [2.05, 4.69) is 10.8 Å². The van der Waals surface area contributed by atoms with Crippen molar-refractivity contribution in [1.82, 2.24) is 10.8 Å². The number of aromatic hydroxyl groups is 2. The number of esters is 1. The molecule has 1 aromatic rings. The molecule has 0 radical (unpaired) electrons. The highest BCUT2D eigenvalue weighted by Gasteiger charge is 2.19. The highest BCUT2D eigenvalue weighted by molar-refractivity contribution is 5.97. The molecular formula is C26H34N2O6. The summed E-state index contributed by atoms with van der Waals surface area (Å²) in [4.78, 5) is 30.2. The molecule has 1 aliphatic carbocycles. The van der Waals surface area contributed by atoms with Crippen molar-refractivity contribution >= 4 is 18.0 Å². The summed E-state index contributed by atoms with van der Waals surface area (Å²) in [6.45, 7) is 0.659. The normalized spacial score (nSPS) is 19.3. The van der Waals surface area contributed by atoms with Crippen LogP contribution in [0.3, 0.4) is 0 Å². The minimum absolute atomic E-state index is 0.0586. The summed E-state index contributed by atoms with van der Waals surface area (Å²) in [6.07, 6.45) is 17.4.